The van der Waals surface area contributed by atoms with Gasteiger partial charge in [0.1, 0.15) is 5.75 Å². The molecule has 0 amide bonds. The fraction of sp³-hybridized carbons (Fsp3) is 0.500. The normalized spacial score (nSPS) is 12.6. The average molecular weight is 245 g/mol. The Bertz CT molecular complexity index is 369. The number of rotatable bonds is 4. The molecule has 0 spiro atoms. The van der Waals surface area contributed by atoms with Crippen molar-refractivity contribution in [2.24, 2.45) is 5.41 Å². The monoisotopic (exact) mass is 245 g/mol. The molecule has 1 rings (SSSR count). The van der Waals surface area contributed by atoms with E-state index in [1.54, 1.807) is 6.07 Å². The van der Waals surface area contributed by atoms with Crippen molar-refractivity contribution < 1.29 is 17.7 Å². The van der Waals surface area contributed by atoms with E-state index >= 15 is 0 Å². The van der Waals surface area contributed by atoms with Gasteiger partial charge in [0.2, 0.25) is 0 Å². The summed E-state index contributed by atoms with van der Waals surface area (Å²) >= 11 is 0. The highest BCUT2D eigenvalue weighted by atomic mass is 19.4. The predicted molar refractivity (Wildman–Crippen MR) is 64.7 cm³/mol. The van der Waals surface area contributed by atoms with Crippen LogP contribution in [0.25, 0.3) is 0 Å². The third-order valence-electron chi connectivity index (χ3n) is 2.36. The number of halogens is 3. The largest absolute Gasteiger partial charge is 0.509 e. The van der Waals surface area contributed by atoms with Gasteiger partial charge in [-0.2, -0.15) is 0 Å². The highest BCUT2D eigenvalue weighted by molar-refractivity contribution is 6.73. The zero-order valence-electron chi connectivity index (χ0n) is 10.3. The molecule has 0 saturated heterocycles. The summed E-state index contributed by atoms with van der Waals surface area (Å²) in [4.78, 5) is 0. The quantitative estimate of drug-likeness (QED) is 0.737. The minimum atomic E-state index is -4.95. The summed E-state index contributed by atoms with van der Waals surface area (Å²) < 4.78 is 42.8. The zero-order chi connectivity index (χ0) is 13.1. The van der Waals surface area contributed by atoms with Crippen LogP contribution in [-0.4, -0.2) is 13.6 Å². The number of hydrogen-bond donors (Lipinski definition) is 0. The van der Waals surface area contributed by atoms with Crippen LogP contribution >= 0.6 is 0 Å². The minimum absolute atomic E-state index is 0.117. The Morgan fingerprint density at radius 1 is 1.18 bits per heavy atom. The lowest BCUT2D eigenvalue weighted by atomic mass is 9.80. The van der Waals surface area contributed by atoms with Gasteiger partial charge in [0.05, 0.1) is 6.61 Å². The van der Waals surface area contributed by atoms with Crippen molar-refractivity contribution in [3.63, 3.8) is 0 Å². The van der Waals surface area contributed by atoms with Crippen LogP contribution in [0.4, 0.5) is 12.9 Å². The molecule has 0 saturated carbocycles. The highest BCUT2D eigenvalue weighted by Gasteiger charge is 2.25. The predicted octanol–water partition coefficient (Wildman–Crippen LogP) is 3.56. The third-order valence-corrected chi connectivity index (χ3v) is 2.36. The second-order valence-corrected chi connectivity index (χ2v) is 5.31. The van der Waals surface area contributed by atoms with Gasteiger partial charge < -0.3 is 17.7 Å². The Kier molecular flexibility index (Phi) is 4.12. The van der Waals surface area contributed by atoms with Crippen LogP contribution in [0.2, 0.25) is 0 Å². The molecular formula is C12H17BF3O-. The van der Waals surface area contributed by atoms with Crippen LogP contribution in [0.15, 0.2) is 24.3 Å². The molecule has 1 aromatic rings. The Labute approximate surface area is 100 Å². The fourth-order valence-corrected chi connectivity index (χ4v) is 1.28. The average Bonchev–Trinajstić information content (AvgIpc) is 2.15. The first-order chi connectivity index (χ1) is 7.68. The number of hydrogen-bond acceptors (Lipinski definition) is 1. The standard InChI is InChI=1S/C12H17BF3O/c1-12(2,3)7-8-17-11-6-4-5-10(9-11)13(14,15)16/h4-6,9H,7-8H2,1-3H3/q-1. The molecule has 0 N–H and O–H groups in total. The first kappa shape index (κ1) is 13.9. The molecule has 0 bridgehead atoms. The SMILES string of the molecule is CC(C)(C)CCOc1cccc([B-](F)(F)F)c1. The molecule has 1 nitrogen and oxygen atoms in total. The second kappa shape index (κ2) is 5.02. The van der Waals surface area contributed by atoms with Crippen LogP contribution in [0.5, 0.6) is 5.75 Å². The van der Waals surface area contributed by atoms with Gasteiger partial charge in [-0.1, -0.05) is 32.9 Å². The van der Waals surface area contributed by atoms with Gasteiger partial charge in [0.25, 0.3) is 0 Å². The summed E-state index contributed by atoms with van der Waals surface area (Å²) in [5.74, 6) is 0.283. The van der Waals surface area contributed by atoms with E-state index in [-0.39, 0.29) is 11.2 Å². The Balaban J connectivity index is 2.61. The maximum Gasteiger partial charge on any atom is 0.509 e. The summed E-state index contributed by atoms with van der Waals surface area (Å²) in [6.45, 7) is 1.66. The topological polar surface area (TPSA) is 9.23 Å². The van der Waals surface area contributed by atoms with E-state index in [1.807, 2.05) is 0 Å². The molecule has 96 valence electrons. The summed E-state index contributed by atoms with van der Waals surface area (Å²) in [5.41, 5.74) is -0.496. The smallest absolute Gasteiger partial charge is 0.494 e. The molecule has 17 heavy (non-hydrogen) atoms. The third kappa shape index (κ3) is 5.15. The Morgan fingerprint density at radius 3 is 2.35 bits per heavy atom. The lowest BCUT2D eigenvalue weighted by Crippen LogP contribution is -2.33. The molecule has 0 atom stereocenters. The first-order valence-electron chi connectivity index (χ1n) is 5.61. The van der Waals surface area contributed by atoms with Gasteiger partial charge in [-0.25, -0.2) is 0 Å². The molecule has 1 aromatic carbocycles. The van der Waals surface area contributed by atoms with Gasteiger partial charge in [-0.3, -0.25) is 0 Å². The summed E-state index contributed by atoms with van der Waals surface area (Å²) in [6.07, 6.45) is 0.800. The van der Waals surface area contributed by atoms with E-state index in [2.05, 4.69) is 20.8 Å². The van der Waals surface area contributed by atoms with Crippen LogP contribution in [0.3, 0.4) is 0 Å². The second-order valence-electron chi connectivity index (χ2n) is 5.31. The molecule has 0 aliphatic rings. The molecule has 0 unspecified atom stereocenters. The Hall–Kier alpha value is -1.13. The summed E-state index contributed by atoms with van der Waals surface area (Å²) in [5, 5.41) is 0. The molecule has 0 fully saturated rings. The van der Waals surface area contributed by atoms with Crippen molar-refractivity contribution in [3.05, 3.63) is 24.3 Å². The van der Waals surface area contributed by atoms with Gasteiger partial charge in [0, 0.05) is 0 Å². The molecular weight excluding hydrogens is 228 g/mol. The van der Waals surface area contributed by atoms with E-state index in [4.69, 9.17) is 4.74 Å². The summed E-state index contributed by atoms with van der Waals surface area (Å²) in [7, 11) is 0. The van der Waals surface area contributed by atoms with E-state index in [0.29, 0.717) is 6.61 Å². The Morgan fingerprint density at radius 2 is 1.82 bits per heavy atom. The van der Waals surface area contributed by atoms with Gasteiger partial charge in [0.15, 0.2) is 0 Å². The van der Waals surface area contributed by atoms with Crippen molar-refractivity contribution in [2.45, 2.75) is 27.2 Å². The van der Waals surface area contributed by atoms with Gasteiger partial charge >= 0.3 is 6.98 Å². The lowest BCUT2D eigenvalue weighted by molar-refractivity contribution is 0.243. The molecule has 0 aromatic heterocycles. The zero-order valence-corrected chi connectivity index (χ0v) is 10.3. The summed E-state index contributed by atoms with van der Waals surface area (Å²) in [6, 6.07) is 5.05. The van der Waals surface area contributed by atoms with Gasteiger partial charge in [-0.05, 0) is 24.0 Å². The molecule has 5 heteroatoms. The molecule has 0 aliphatic carbocycles. The number of ether oxygens (including phenoxy) is 1. The highest BCUT2D eigenvalue weighted by Crippen LogP contribution is 2.20. The van der Waals surface area contributed by atoms with Gasteiger partial charge in [-0.15, -0.1) is 5.46 Å². The van der Waals surface area contributed by atoms with Crippen LogP contribution in [-0.2, 0) is 0 Å². The van der Waals surface area contributed by atoms with Crippen molar-refractivity contribution in [3.8, 4) is 5.75 Å². The van der Waals surface area contributed by atoms with Crippen LogP contribution in [0.1, 0.15) is 27.2 Å². The van der Waals surface area contributed by atoms with E-state index in [9.17, 15) is 12.9 Å². The molecule has 0 aliphatic heterocycles. The van der Waals surface area contributed by atoms with E-state index in [1.165, 1.54) is 6.07 Å². The van der Waals surface area contributed by atoms with Crippen molar-refractivity contribution in [1.82, 2.24) is 0 Å². The maximum absolute atomic E-state index is 12.5. The fourth-order valence-electron chi connectivity index (χ4n) is 1.28. The lowest BCUT2D eigenvalue weighted by Gasteiger charge is -2.19. The van der Waals surface area contributed by atoms with E-state index < -0.39 is 12.4 Å². The van der Waals surface area contributed by atoms with Crippen molar-refractivity contribution in [1.29, 1.82) is 0 Å². The number of benzene rings is 1. The minimum Gasteiger partial charge on any atom is -0.494 e. The van der Waals surface area contributed by atoms with E-state index in [0.717, 1.165) is 18.6 Å². The van der Waals surface area contributed by atoms with Crippen LogP contribution in [0, 0.1) is 5.41 Å². The maximum atomic E-state index is 12.5. The van der Waals surface area contributed by atoms with Crippen LogP contribution < -0.4 is 10.2 Å². The van der Waals surface area contributed by atoms with Crippen molar-refractivity contribution >= 4 is 12.4 Å². The first-order valence-corrected chi connectivity index (χ1v) is 5.61. The molecule has 0 radical (unpaired) electrons. The molecule has 0 heterocycles. The van der Waals surface area contributed by atoms with Crippen molar-refractivity contribution in [2.75, 3.05) is 6.61 Å².